The number of rotatable bonds is 3. The lowest BCUT2D eigenvalue weighted by Crippen LogP contribution is -1.92. The summed E-state index contributed by atoms with van der Waals surface area (Å²) in [5.74, 6) is 0. The fourth-order valence-electron chi connectivity index (χ4n) is 1.40. The van der Waals surface area contributed by atoms with Crippen molar-refractivity contribution in [3.8, 4) is 0 Å². The van der Waals surface area contributed by atoms with E-state index in [1.807, 2.05) is 12.1 Å². The molecule has 0 spiro atoms. The van der Waals surface area contributed by atoms with Crippen molar-refractivity contribution in [2.45, 2.75) is 11.2 Å². The minimum Gasteiger partial charge on any atom is -0.148 e. The molecule has 0 saturated heterocycles. The molecule has 2 rings (SSSR count). The van der Waals surface area contributed by atoms with Crippen molar-refractivity contribution in [3.63, 3.8) is 0 Å². The van der Waals surface area contributed by atoms with E-state index >= 15 is 0 Å². The summed E-state index contributed by atoms with van der Waals surface area (Å²) in [5.41, 5.74) is 1.30. The van der Waals surface area contributed by atoms with Gasteiger partial charge in [0.1, 0.15) is 0 Å². The highest BCUT2D eigenvalue weighted by molar-refractivity contribution is 9.09. The van der Waals surface area contributed by atoms with Gasteiger partial charge in [0.25, 0.3) is 0 Å². The monoisotopic (exact) mass is 300 g/mol. The summed E-state index contributed by atoms with van der Waals surface area (Å²) < 4.78 is 0. The molecule has 0 aliphatic rings. The molecule has 0 aliphatic carbocycles. The van der Waals surface area contributed by atoms with E-state index in [9.17, 15) is 0 Å². The van der Waals surface area contributed by atoms with Gasteiger partial charge in [0.15, 0.2) is 0 Å². The van der Waals surface area contributed by atoms with Crippen molar-refractivity contribution in [2.75, 3.05) is 0 Å². The van der Waals surface area contributed by atoms with Crippen molar-refractivity contribution in [1.82, 2.24) is 0 Å². The third-order valence-electron chi connectivity index (χ3n) is 2.18. The predicted octanol–water partition coefficient (Wildman–Crippen LogP) is 5.08. The Balaban J connectivity index is 2.06. The van der Waals surface area contributed by atoms with Crippen LogP contribution in [0.5, 0.6) is 0 Å². The summed E-state index contributed by atoms with van der Waals surface area (Å²) in [6.07, 6.45) is 0.998. The molecule has 2 aromatic rings. The molecule has 0 radical (unpaired) electrons. The Morgan fingerprint density at radius 2 is 1.93 bits per heavy atom. The Hall–Kier alpha value is -0.310. The molecule has 3 heteroatoms. The van der Waals surface area contributed by atoms with E-state index in [0.29, 0.717) is 4.83 Å². The van der Waals surface area contributed by atoms with Gasteiger partial charge in [0.2, 0.25) is 0 Å². The first-order valence-electron chi connectivity index (χ1n) is 4.67. The van der Waals surface area contributed by atoms with Gasteiger partial charge in [-0.25, -0.2) is 0 Å². The first kappa shape index (κ1) is 11.2. The second-order valence-electron chi connectivity index (χ2n) is 3.31. The van der Waals surface area contributed by atoms with Crippen LogP contribution in [0.4, 0.5) is 0 Å². The minimum atomic E-state index is 0.402. The van der Waals surface area contributed by atoms with E-state index < -0.39 is 0 Å². The molecule has 0 aliphatic heterocycles. The first-order chi connectivity index (χ1) is 7.25. The van der Waals surface area contributed by atoms with Crippen molar-refractivity contribution < 1.29 is 0 Å². The van der Waals surface area contributed by atoms with Gasteiger partial charge in [-0.2, -0.15) is 0 Å². The smallest absolute Gasteiger partial charge is 0.0529 e. The molecule has 1 heterocycles. The number of alkyl halides is 1. The normalized spacial score (nSPS) is 12.7. The van der Waals surface area contributed by atoms with Gasteiger partial charge < -0.3 is 0 Å². The van der Waals surface area contributed by atoms with Gasteiger partial charge in [-0.05, 0) is 35.6 Å². The van der Waals surface area contributed by atoms with Crippen LogP contribution in [-0.4, -0.2) is 0 Å². The maximum atomic E-state index is 5.84. The SMILES string of the molecule is Clc1ccc(CC(Br)c2cccs2)cc1. The Morgan fingerprint density at radius 1 is 1.20 bits per heavy atom. The zero-order chi connectivity index (χ0) is 10.7. The number of hydrogen-bond donors (Lipinski definition) is 0. The molecule has 0 saturated carbocycles. The van der Waals surface area contributed by atoms with E-state index in [-0.39, 0.29) is 0 Å². The Labute approximate surface area is 107 Å². The Morgan fingerprint density at radius 3 is 2.53 bits per heavy atom. The van der Waals surface area contributed by atoms with Crippen LogP contribution >= 0.6 is 38.9 Å². The maximum absolute atomic E-state index is 5.84. The van der Waals surface area contributed by atoms with Crippen LogP contribution in [0.3, 0.4) is 0 Å². The number of halogens is 2. The van der Waals surface area contributed by atoms with Gasteiger partial charge in [0.05, 0.1) is 4.83 Å². The molecular formula is C12H10BrClS. The molecule has 78 valence electrons. The molecule has 1 aromatic heterocycles. The fraction of sp³-hybridized carbons (Fsp3) is 0.167. The zero-order valence-electron chi connectivity index (χ0n) is 7.99. The van der Waals surface area contributed by atoms with E-state index in [0.717, 1.165) is 11.4 Å². The van der Waals surface area contributed by atoms with Crippen LogP contribution in [0.15, 0.2) is 41.8 Å². The third kappa shape index (κ3) is 3.07. The lowest BCUT2D eigenvalue weighted by molar-refractivity contribution is 0.970. The van der Waals surface area contributed by atoms with Crippen LogP contribution in [0.25, 0.3) is 0 Å². The van der Waals surface area contributed by atoms with Crippen molar-refractivity contribution in [2.24, 2.45) is 0 Å². The quantitative estimate of drug-likeness (QED) is 0.694. The second kappa shape index (κ2) is 5.15. The summed E-state index contributed by atoms with van der Waals surface area (Å²) >= 11 is 11.3. The molecular weight excluding hydrogens is 292 g/mol. The van der Waals surface area contributed by atoms with E-state index in [1.54, 1.807) is 11.3 Å². The van der Waals surface area contributed by atoms with Crippen molar-refractivity contribution in [1.29, 1.82) is 0 Å². The molecule has 0 nitrogen and oxygen atoms in total. The van der Waals surface area contributed by atoms with E-state index in [2.05, 4.69) is 45.6 Å². The van der Waals surface area contributed by atoms with Crippen LogP contribution in [0.2, 0.25) is 5.02 Å². The van der Waals surface area contributed by atoms with Crippen LogP contribution in [0.1, 0.15) is 15.3 Å². The van der Waals surface area contributed by atoms with Crippen LogP contribution in [0, 0.1) is 0 Å². The standard InChI is InChI=1S/C12H10BrClS/c13-11(12-2-1-7-15-12)8-9-3-5-10(14)6-4-9/h1-7,11H,8H2. The molecule has 0 fully saturated rings. The van der Waals surface area contributed by atoms with E-state index in [4.69, 9.17) is 11.6 Å². The van der Waals surface area contributed by atoms with Crippen LogP contribution < -0.4 is 0 Å². The third-order valence-corrected chi connectivity index (χ3v) is 4.54. The average molecular weight is 302 g/mol. The summed E-state index contributed by atoms with van der Waals surface area (Å²) in [7, 11) is 0. The Bertz CT molecular complexity index is 408. The van der Waals surface area contributed by atoms with Crippen molar-refractivity contribution in [3.05, 3.63) is 57.2 Å². The predicted molar refractivity (Wildman–Crippen MR) is 71.1 cm³/mol. The summed E-state index contributed by atoms with van der Waals surface area (Å²) in [6, 6.07) is 12.3. The van der Waals surface area contributed by atoms with Crippen LogP contribution in [-0.2, 0) is 6.42 Å². The highest BCUT2D eigenvalue weighted by Gasteiger charge is 2.08. The topological polar surface area (TPSA) is 0 Å². The summed E-state index contributed by atoms with van der Waals surface area (Å²) in [5, 5.41) is 2.90. The highest BCUT2D eigenvalue weighted by Crippen LogP contribution is 2.30. The van der Waals surface area contributed by atoms with E-state index in [1.165, 1.54) is 10.4 Å². The molecule has 0 amide bonds. The second-order valence-corrected chi connectivity index (χ2v) is 5.83. The molecule has 15 heavy (non-hydrogen) atoms. The average Bonchev–Trinajstić information content (AvgIpc) is 2.74. The molecule has 0 bridgehead atoms. The lowest BCUT2D eigenvalue weighted by Gasteiger charge is -2.07. The first-order valence-corrected chi connectivity index (χ1v) is 6.85. The fourth-order valence-corrected chi connectivity index (χ4v) is 3.08. The highest BCUT2D eigenvalue weighted by atomic mass is 79.9. The van der Waals surface area contributed by atoms with Gasteiger partial charge >= 0.3 is 0 Å². The lowest BCUT2D eigenvalue weighted by atomic mass is 10.1. The largest absolute Gasteiger partial charge is 0.148 e. The van der Waals surface area contributed by atoms with Gasteiger partial charge in [-0.1, -0.05) is 45.7 Å². The minimum absolute atomic E-state index is 0.402. The maximum Gasteiger partial charge on any atom is 0.0529 e. The number of thiophene rings is 1. The van der Waals surface area contributed by atoms with Gasteiger partial charge in [0, 0.05) is 9.90 Å². The zero-order valence-corrected chi connectivity index (χ0v) is 11.1. The molecule has 1 atom stereocenters. The summed E-state index contributed by atoms with van der Waals surface area (Å²) in [4.78, 5) is 1.77. The molecule has 0 N–H and O–H groups in total. The Kier molecular flexibility index (Phi) is 3.84. The summed E-state index contributed by atoms with van der Waals surface area (Å²) in [6.45, 7) is 0. The van der Waals surface area contributed by atoms with Gasteiger partial charge in [-0.15, -0.1) is 11.3 Å². The molecule has 1 unspecified atom stereocenters. The number of benzene rings is 1. The van der Waals surface area contributed by atoms with Gasteiger partial charge in [-0.3, -0.25) is 0 Å². The molecule has 1 aromatic carbocycles. The van der Waals surface area contributed by atoms with Crippen molar-refractivity contribution >= 4 is 38.9 Å². The number of hydrogen-bond acceptors (Lipinski definition) is 1.